The number of nitrogens with zero attached hydrogens (tertiary/aromatic N) is 2. The Bertz CT molecular complexity index is 682. The standard InChI is InChI=1S/C15H16ClF3N4O/c1-24-8-2-6-20-14-21-7-5-13(23-14)22-12-9-10(15(17,18)19)3-4-11(12)16/h3-5,7,9H,2,6,8H2,1H3,(H2,20,21,22,23). The molecule has 1 heterocycles. The third-order valence-corrected chi connectivity index (χ3v) is 3.35. The number of benzene rings is 1. The molecule has 0 amide bonds. The van der Waals surface area contributed by atoms with Gasteiger partial charge in [-0.2, -0.15) is 18.2 Å². The summed E-state index contributed by atoms with van der Waals surface area (Å²) >= 11 is 5.95. The molecule has 1 aromatic heterocycles. The zero-order valence-electron chi connectivity index (χ0n) is 12.8. The average molecular weight is 361 g/mol. The van der Waals surface area contributed by atoms with Crippen molar-refractivity contribution in [3.8, 4) is 0 Å². The van der Waals surface area contributed by atoms with Crippen molar-refractivity contribution in [3.63, 3.8) is 0 Å². The van der Waals surface area contributed by atoms with Crippen LogP contribution >= 0.6 is 11.6 Å². The normalized spacial score (nSPS) is 11.4. The van der Waals surface area contributed by atoms with Crippen molar-refractivity contribution < 1.29 is 17.9 Å². The molecule has 24 heavy (non-hydrogen) atoms. The first-order chi connectivity index (χ1) is 11.4. The summed E-state index contributed by atoms with van der Waals surface area (Å²) < 4.78 is 43.3. The minimum atomic E-state index is -4.44. The highest BCUT2D eigenvalue weighted by Gasteiger charge is 2.31. The van der Waals surface area contributed by atoms with Crippen molar-refractivity contribution in [1.29, 1.82) is 0 Å². The van der Waals surface area contributed by atoms with Gasteiger partial charge in [0.1, 0.15) is 5.82 Å². The lowest BCUT2D eigenvalue weighted by molar-refractivity contribution is -0.137. The largest absolute Gasteiger partial charge is 0.416 e. The Hall–Kier alpha value is -2.06. The maximum Gasteiger partial charge on any atom is 0.416 e. The van der Waals surface area contributed by atoms with Crippen molar-refractivity contribution in [2.45, 2.75) is 12.6 Å². The molecule has 0 aliphatic carbocycles. The lowest BCUT2D eigenvalue weighted by atomic mass is 10.2. The van der Waals surface area contributed by atoms with Crippen LogP contribution in [0, 0.1) is 0 Å². The van der Waals surface area contributed by atoms with Crippen molar-refractivity contribution in [2.24, 2.45) is 0 Å². The highest BCUT2D eigenvalue weighted by atomic mass is 35.5. The monoisotopic (exact) mass is 360 g/mol. The van der Waals surface area contributed by atoms with Gasteiger partial charge in [0, 0.05) is 26.5 Å². The number of rotatable bonds is 7. The maximum absolute atomic E-state index is 12.8. The second-order valence-corrected chi connectivity index (χ2v) is 5.26. The van der Waals surface area contributed by atoms with Gasteiger partial charge in [0.05, 0.1) is 16.3 Å². The summed E-state index contributed by atoms with van der Waals surface area (Å²) in [4.78, 5) is 8.23. The molecule has 5 nitrogen and oxygen atoms in total. The minimum Gasteiger partial charge on any atom is -0.385 e. The fourth-order valence-electron chi connectivity index (χ4n) is 1.87. The zero-order valence-corrected chi connectivity index (χ0v) is 13.6. The second-order valence-electron chi connectivity index (χ2n) is 4.86. The Kier molecular flexibility index (Phi) is 6.22. The molecule has 0 fully saturated rings. The van der Waals surface area contributed by atoms with Gasteiger partial charge in [0.25, 0.3) is 0 Å². The van der Waals surface area contributed by atoms with Crippen molar-refractivity contribution >= 4 is 29.1 Å². The Morgan fingerprint density at radius 2 is 2.04 bits per heavy atom. The summed E-state index contributed by atoms with van der Waals surface area (Å²) in [7, 11) is 1.61. The van der Waals surface area contributed by atoms with Crippen LogP contribution in [0.1, 0.15) is 12.0 Å². The summed E-state index contributed by atoms with van der Waals surface area (Å²) in [5.41, 5.74) is -0.670. The minimum absolute atomic E-state index is 0.121. The summed E-state index contributed by atoms with van der Waals surface area (Å²) in [5.74, 6) is 0.694. The molecule has 0 radical (unpaired) electrons. The molecule has 0 aliphatic heterocycles. The molecule has 2 N–H and O–H groups in total. The Labute approximate surface area is 142 Å². The van der Waals surface area contributed by atoms with Gasteiger partial charge < -0.3 is 15.4 Å². The summed E-state index contributed by atoms with van der Waals surface area (Å²) in [6.45, 7) is 1.21. The van der Waals surface area contributed by atoms with E-state index < -0.39 is 11.7 Å². The molecular formula is C15H16ClF3N4O. The third kappa shape index (κ3) is 5.24. The average Bonchev–Trinajstić information content (AvgIpc) is 2.53. The smallest absolute Gasteiger partial charge is 0.385 e. The van der Waals surface area contributed by atoms with Gasteiger partial charge in [0.15, 0.2) is 0 Å². The van der Waals surface area contributed by atoms with Gasteiger partial charge in [0.2, 0.25) is 5.95 Å². The predicted octanol–water partition coefficient (Wildman–Crippen LogP) is 4.34. The molecule has 1 aromatic carbocycles. The van der Waals surface area contributed by atoms with Crippen molar-refractivity contribution in [1.82, 2.24) is 9.97 Å². The van der Waals surface area contributed by atoms with Gasteiger partial charge in [-0.05, 0) is 30.7 Å². The number of hydrogen-bond acceptors (Lipinski definition) is 5. The number of alkyl halides is 3. The van der Waals surface area contributed by atoms with Crippen LogP contribution in [0.2, 0.25) is 5.02 Å². The van der Waals surface area contributed by atoms with Gasteiger partial charge in [-0.1, -0.05) is 11.6 Å². The SMILES string of the molecule is COCCCNc1nccc(Nc2cc(C(F)(F)F)ccc2Cl)n1. The molecule has 0 bridgehead atoms. The van der Waals surface area contributed by atoms with Crippen LogP contribution in [0.25, 0.3) is 0 Å². The Morgan fingerprint density at radius 3 is 2.75 bits per heavy atom. The van der Waals surface area contributed by atoms with E-state index in [1.807, 2.05) is 0 Å². The van der Waals surface area contributed by atoms with Crippen LogP contribution in [0.15, 0.2) is 30.5 Å². The van der Waals surface area contributed by atoms with E-state index in [0.29, 0.717) is 24.9 Å². The van der Waals surface area contributed by atoms with E-state index >= 15 is 0 Å². The fourth-order valence-corrected chi connectivity index (χ4v) is 2.03. The van der Waals surface area contributed by atoms with E-state index in [9.17, 15) is 13.2 Å². The topological polar surface area (TPSA) is 59.1 Å². The third-order valence-electron chi connectivity index (χ3n) is 3.02. The van der Waals surface area contributed by atoms with Crippen LogP contribution < -0.4 is 10.6 Å². The van der Waals surface area contributed by atoms with E-state index in [4.69, 9.17) is 16.3 Å². The van der Waals surface area contributed by atoms with E-state index in [-0.39, 0.29) is 10.7 Å². The first kappa shape index (κ1) is 18.3. The number of hydrogen-bond donors (Lipinski definition) is 2. The number of ether oxygens (including phenoxy) is 1. The molecule has 0 spiro atoms. The van der Waals surface area contributed by atoms with E-state index in [1.165, 1.54) is 18.3 Å². The summed E-state index contributed by atoms with van der Waals surface area (Å²) in [5, 5.41) is 5.94. The van der Waals surface area contributed by atoms with Crippen LogP contribution in [0.5, 0.6) is 0 Å². The van der Waals surface area contributed by atoms with E-state index in [2.05, 4.69) is 20.6 Å². The van der Waals surface area contributed by atoms with Crippen LogP contribution in [0.3, 0.4) is 0 Å². The lowest BCUT2D eigenvalue weighted by Gasteiger charge is -2.12. The van der Waals surface area contributed by atoms with Crippen LogP contribution in [0.4, 0.5) is 30.6 Å². The van der Waals surface area contributed by atoms with E-state index in [1.54, 1.807) is 7.11 Å². The molecule has 0 saturated heterocycles. The van der Waals surface area contributed by atoms with Gasteiger partial charge >= 0.3 is 6.18 Å². The van der Waals surface area contributed by atoms with E-state index in [0.717, 1.165) is 18.6 Å². The lowest BCUT2D eigenvalue weighted by Crippen LogP contribution is -2.09. The highest BCUT2D eigenvalue weighted by molar-refractivity contribution is 6.33. The number of methoxy groups -OCH3 is 1. The Balaban J connectivity index is 2.11. The Morgan fingerprint density at radius 1 is 1.25 bits per heavy atom. The fraction of sp³-hybridized carbons (Fsp3) is 0.333. The summed E-state index contributed by atoms with van der Waals surface area (Å²) in [6, 6.07) is 4.60. The molecule has 0 atom stereocenters. The molecule has 0 saturated carbocycles. The summed E-state index contributed by atoms with van der Waals surface area (Å²) in [6.07, 6.45) is -2.17. The molecule has 2 aromatic rings. The maximum atomic E-state index is 12.8. The number of nitrogens with one attached hydrogen (secondary N) is 2. The second kappa shape index (κ2) is 8.16. The van der Waals surface area contributed by atoms with Crippen molar-refractivity contribution in [2.75, 3.05) is 30.9 Å². The zero-order chi connectivity index (χ0) is 17.6. The molecular weight excluding hydrogens is 345 g/mol. The molecule has 130 valence electrons. The number of anilines is 3. The molecule has 2 rings (SSSR count). The first-order valence-corrected chi connectivity index (χ1v) is 7.47. The predicted molar refractivity (Wildman–Crippen MR) is 86.8 cm³/mol. The van der Waals surface area contributed by atoms with Crippen LogP contribution in [-0.2, 0) is 10.9 Å². The highest BCUT2D eigenvalue weighted by Crippen LogP contribution is 2.34. The van der Waals surface area contributed by atoms with Gasteiger partial charge in [-0.25, -0.2) is 4.98 Å². The molecule has 9 heteroatoms. The molecule has 0 unspecified atom stereocenters. The van der Waals surface area contributed by atoms with Gasteiger partial charge in [-0.3, -0.25) is 0 Å². The van der Waals surface area contributed by atoms with Crippen LogP contribution in [-0.4, -0.2) is 30.2 Å². The first-order valence-electron chi connectivity index (χ1n) is 7.10. The van der Waals surface area contributed by atoms with Gasteiger partial charge in [-0.15, -0.1) is 0 Å². The number of halogens is 4. The van der Waals surface area contributed by atoms with Crippen molar-refractivity contribution in [3.05, 3.63) is 41.0 Å². The molecule has 0 aliphatic rings. The number of aromatic nitrogens is 2. The quantitative estimate of drug-likeness (QED) is 0.719.